The van der Waals surface area contributed by atoms with Crippen LogP contribution in [0.4, 0.5) is 8.78 Å². The SMILES string of the molecule is CC(CC(N)C(F)F)C1CC1. The molecular weight excluding hydrogens is 148 g/mol. The van der Waals surface area contributed by atoms with Gasteiger partial charge in [-0.15, -0.1) is 0 Å². The first-order chi connectivity index (χ1) is 5.11. The van der Waals surface area contributed by atoms with Crippen LogP contribution in [0.2, 0.25) is 0 Å². The third-order valence-electron chi connectivity index (χ3n) is 2.39. The lowest BCUT2D eigenvalue weighted by molar-refractivity contribution is 0.103. The van der Waals surface area contributed by atoms with Gasteiger partial charge in [-0.1, -0.05) is 6.92 Å². The van der Waals surface area contributed by atoms with E-state index in [-0.39, 0.29) is 0 Å². The second kappa shape index (κ2) is 3.48. The summed E-state index contributed by atoms with van der Waals surface area (Å²) in [6, 6.07) is -0.911. The second-order valence-electron chi connectivity index (χ2n) is 3.55. The van der Waals surface area contributed by atoms with E-state index in [1.807, 2.05) is 6.92 Å². The minimum atomic E-state index is -2.35. The molecule has 0 aliphatic heterocycles. The summed E-state index contributed by atoms with van der Waals surface area (Å²) in [5.74, 6) is 1.07. The van der Waals surface area contributed by atoms with Gasteiger partial charge in [-0.2, -0.15) is 0 Å². The van der Waals surface area contributed by atoms with E-state index in [0.717, 1.165) is 0 Å². The third kappa shape index (κ3) is 2.73. The molecule has 66 valence electrons. The summed E-state index contributed by atoms with van der Waals surface area (Å²) < 4.78 is 23.9. The highest BCUT2D eigenvalue weighted by Crippen LogP contribution is 2.38. The molecule has 3 heteroatoms. The van der Waals surface area contributed by atoms with Crippen LogP contribution in [-0.2, 0) is 0 Å². The summed E-state index contributed by atoms with van der Waals surface area (Å²) in [6.45, 7) is 2.01. The van der Waals surface area contributed by atoms with Gasteiger partial charge in [0.2, 0.25) is 0 Å². The quantitative estimate of drug-likeness (QED) is 0.674. The lowest BCUT2D eigenvalue weighted by atomic mass is 9.98. The lowest BCUT2D eigenvalue weighted by Gasteiger charge is -2.15. The zero-order valence-electron chi connectivity index (χ0n) is 6.76. The Morgan fingerprint density at radius 2 is 2.00 bits per heavy atom. The first kappa shape index (κ1) is 8.91. The fraction of sp³-hybridized carbons (Fsp3) is 1.00. The van der Waals surface area contributed by atoms with Gasteiger partial charge in [0, 0.05) is 0 Å². The fourth-order valence-corrected chi connectivity index (χ4v) is 1.39. The van der Waals surface area contributed by atoms with E-state index in [9.17, 15) is 8.78 Å². The Morgan fingerprint density at radius 1 is 1.45 bits per heavy atom. The van der Waals surface area contributed by atoms with Gasteiger partial charge in [0.1, 0.15) is 0 Å². The van der Waals surface area contributed by atoms with Crippen molar-refractivity contribution in [2.24, 2.45) is 17.6 Å². The van der Waals surface area contributed by atoms with E-state index in [4.69, 9.17) is 5.73 Å². The summed E-state index contributed by atoms with van der Waals surface area (Å²) in [7, 11) is 0. The Hall–Kier alpha value is -0.180. The predicted octanol–water partition coefficient (Wildman–Crippen LogP) is 2.01. The van der Waals surface area contributed by atoms with Crippen LogP contribution in [-0.4, -0.2) is 12.5 Å². The number of halogens is 2. The average Bonchev–Trinajstić information content (AvgIpc) is 2.67. The molecule has 0 amide bonds. The van der Waals surface area contributed by atoms with Gasteiger partial charge in [-0.05, 0) is 31.1 Å². The van der Waals surface area contributed by atoms with Crippen LogP contribution in [0.15, 0.2) is 0 Å². The van der Waals surface area contributed by atoms with E-state index in [1.54, 1.807) is 0 Å². The molecule has 1 aliphatic rings. The summed E-state index contributed by atoms with van der Waals surface area (Å²) >= 11 is 0. The number of hydrogen-bond acceptors (Lipinski definition) is 1. The Bertz CT molecular complexity index is 117. The molecule has 0 saturated heterocycles. The van der Waals surface area contributed by atoms with Gasteiger partial charge >= 0.3 is 0 Å². The average molecular weight is 163 g/mol. The normalized spacial score (nSPS) is 23.7. The summed E-state index contributed by atoms with van der Waals surface area (Å²) in [5, 5.41) is 0. The molecule has 0 bridgehead atoms. The van der Waals surface area contributed by atoms with E-state index in [2.05, 4.69) is 0 Å². The van der Waals surface area contributed by atoms with E-state index in [0.29, 0.717) is 18.3 Å². The van der Waals surface area contributed by atoms with Crippen LogP contribution in [0.5, 0.6) is 0 Å². The molecular formula is C8H15F2N. The van der Waals surface area contributed by atoms with Gasteiger partial charge in [0.15, 0.2) is 0 Å². The Balaban J connectivity index is 2.17. The first-order valence-corrected chi connectivity index (χ1v) is 4.15. The Kier molecular flexibility index (Phi) is 2.82. The molecule has 11 heavy (non-hydrogen) atoms. The van der Waals surface area contributed by atoms with Gasteiger partial charge in [-0.25, -0.2) is 8.78 Å². The summed E-state index contributed by atoms with van der Waals surface area (Å²) in [5.41, 5.74) is 5.23. The summed E-state index contributed by atoms with van der Waals surface area (Å²) in [4.78, 5) is 0. The molecule has 2 N–H and O–H groups in total. The number of rotatable bonds is 4. The molecule has 2 unspecified atom stereocenters. The van der Waals surface area contributed by atoms with E-state index >= 15 is 0 Å². The lowest BCUT2D eigenvalue weighted by Crippen LogP contribution is -2.30. The molecule has 0 spiro atoms. The van der Waals surface area contributed by atoms with Gasteiger partial charge in [0.25, 0.3) is 6.43 Å². The van der Waals surface area contributed by atoms with Gasteiger partial charge in [0.05, 0.1) is 6.04 Å². The van der Waals surface area contributed by atoms with Crippen molar-refractivity contribution in [1.29, 1.82) is 0 Å². The molecule has 1 aliphatic carbocycles. The van der Waals surface area contributed by atoms with E-state index < -0.39 is 12.5 Å². The standard InChI is InChI=1S/C8H15F2N/c1-5(6-2-3-6)4-7(11)8(9)10/h5-8H,2-4,11H2,1H3. The maximum absolute atomic E-state index is 11.9. The van der Waals surface area contributed by atoms with Gasteiger partial charge in [-0.3, -0.25) is 0 Å². The highest BCUT2D eigenvalue weighted by molar-refractivity contribution is 4.81. The van der Waals surface area contributed by atoms with Crippen LogP contribution >= 0.6 is 0 Å². The van der Waals surface area contributed by atoms with Crippen molar-refractivity contribution in [2.75, 3.05) is 0 Å². The minimum absolute atomic E-state index is 0.388. The van der Waals surface area contributed by atoms with Crippen LogP contribution in [0.3, 0.4) is 0 Å². The molecule has 0 aromatic carbocycles. The van der Waals surface area contributed by atoms with E-state index in [1.165, 1.54) is 12.8 Å². The number of hydrogen-bond donors (Lipinski definition) is 1. The van der Waals surface area contributed by atoms with Crippen molar-refractivity contribution in [1.82, 2.24) is 0 Å². The second-order valence-corrected chi connectivity index (χ2v) is 3.55. The largest absolute Gasteiger partial charge is 0.323 e. The van der Waals surface area contributed by atoms with Crippen molar-refractivity contribution in [3.05, 3.63) is 0 Å². The molecule has 0 aromatic rings. The Labute approximate surface area is 66.0 Å². The number of alkyl halides is 2. The minimum Gasteiger partial charge on any atom is -0.323 e. The van der Waals surface area contributed by atoms with Crippen molar-refractivity contribution in [2.45, 2.75) is 38.7 Å². The van der Waals surface area contributed by atoms with Crippen molar-refractivity contribution < 1.29 is 8.78 Å². The van der Waals surface area contributed by atoms with Crippen LogP contribution < -0.4 is 5.73 Å². The highest BCUT2D eigenvalue weighted by atomic mass is 19.3. The Morgan fingerprint density at radius 3 is 2.36 bits per heavy atom. The fourth-order valence-electron chi connectivity index (χ4n) is 1.39. The molecule has 0 heterocycles. The van der Waals surface area contributed by atoms with Crippen molar-refractivity contribution in [3.63, 3.8) is 0 Å². The number of nitrogens with two attached hydrogens (primary N) is 1. The smallest absolute Gasteiger partial charge is 0.253 e. The van der Waals surface area contributed by atoms with Crippen LogP contribution in [0.25, 0.3) is 0 Å². The highest BCUT2D eigenvalue weighted by Gasteiger charge is 2.30. The monoisotopic (exact) mass is 163 g/mol. The molecule has 1 fully saturated rings. The molecule has 0 radical (unpaired) electrons. The van der Waals surface area contributed by atoms with Crippen LogP contribution in [0.1, 0.15) is 26.2 Å². The van der Waals surface area contributed by atoms with Gasteiger partial charge < -0.3 is 5.73 Å². The molecule has 1 rings (SSSR count). The molecule has 2 atom stereocenters. The third-order valence-corrected chi connectivity index (χ3v) is 2.39. The maximum Gasteiger partial charge on any atom is 0.253 e. The molecule has 1 saturated carbocycles. The van der Waals surface area contributed by atoms with Crippen molar-refractivity contribution >= 4 is 0 Å². The van der Waals surface area contributed by atoms with Crippen molar-refractivity contribution in [3.8, 4) is 0 Å². The topological polar surface area (TPSA) is 26.0 Å². The summed E-state index contributed by atoms with van der Waals surface area (Å²) in [6.07, 6.45) is 0.535. The maximum atomic E-state index is 11.9. The first-order valence-electron chi connectivity index (χ1n) is 4.15. The zero-order valence-corrected chi connectivity index (χ0v) is 6.76. The molecule has 0 aromatic heterocycles. The van der Waals surface area contributed by atoms with Crippen LogP contribution in [0, 0.1) is 11.8 Å². The molecule has 1 nitrogen and oxygen atoms in total. The predicted molar refractivity (Wildman–Crippen MR) is 40.5 cm³/mol. The zero-order chi connectivity index (χ0) is 8.43.